The quantitative estimate of drug-likeness (QED) is 0.398. The SMILES string of the molecule is CCC(C)C.CCCNC(C)CC.O=CN1CCN(c2ccc(OCc3ccccc3)cc2)CC1. The van der Waals surface area contributed by atoms with Crippen LogP contribution in [0.3, 0.4) is 0 Å². The number of nitrogens with zero attached hydrogens (tertiary/aromatic N) is 2. The minimum atomic E-state index is 0.582. The second kappa shape index (κ2) is 18.8. The minimum absolute atomic E-state index is 0.582. The van der Waals surface area contributed by atoms with Gasteiger partial charge in [-0.1, -0.05) is 71.4 Å². The number of benzene rings is 2. The van der Waals surface area contributed by atoms with Gasteiger partial charge in [0.15, 0.2) is 0 Å². The van der Waals surface area contributed by atoms with E-state index in [-0.39, 0.29) is 0 Å². The third kappa shape index (κ3) is 13.8. The van der Waals surface area contributed by atoms with Crippen LogP contribution in [0.2, 0.25) is 0 Å². The molecule has 1 saturated heterocycles. The highest BCUT2D eigenvalue weighted by molar-refractivity contribution is 5.52. The lowest BCUT2D eigenvalue weighted by Crippen LogP contribution is -2.45. The summed E-state index contributed by atoms with van der Waals surface area (Å²) in [5.41, 5.74) is 2.34. The van der Waals surface area contributed by atoms with E-state index in [9.17, 15) is 4.79 Å². The molecule has 0 spiro atoms. The van der Waals surface area contributed by atoms with Gasteiger partial charge in [-0.25, -0.2) is 0 Å². The van der Waals surface area contributed by atoms with Gasteiger partial charge in [0.25, 0.3) is 0 Å². The molecular formula is C30H49N3O2. The number of anilines is 1. The summed E-state index contributed by atoms with van der Waals surface area (Å²) in [5, 5.41) is 3.38. The first-order valence-electron chi connectivity index (χ1n) is 13.4. The molecule has 1 aliphatic rings. The lowest BCUT2D eigenvalue weighted by molar-refractivity contribution is -0.118. The fourth-order valence-corrected chi connectivity index (χ4v) is 3.11. The van der Waals surface area contributed by atoms with Crippen LogP contribution in [0.5, 0.6) is 5.75 Å². The number of piperazine rings is 1. The molecule has 1 heterocycles. The number of hydrogen-bond acceptors (Lipinski definition) is 4. The highest BCUT2D eigenvalue weighted by Gasteiger charge is 2.15. The van der Waals surface area contributed by atoms with Crippen LogP contribution in [0.15, 0.2) is 54.6 Å². The van der Waals surface area contributed by atoms with Gasteiger partial charge >= 0.3 is 0 Å². The van der Waals surface area contributed by atoms with Crippen molar-refractivity contribution in [3.63, 3.8) is 0 Å². The van der Waals surface area contributed by atoms with E-state index in [0.717, 1.165) is 56.4 Å². The van der Waals surface area contributed by atoms with E-state index in [1.165, 1.54) is 24.9 Å². The highest BCUT2D eigenvalue weighted by atomic mass is 16.5. The minimum Gasteiger partial charge on any atom is -0.489 e. The Hall–Kier alpha value is -2.53. The zero-order valence-electron chi connectivity index (χ0n) is 23.0. The van der Waals surface area contributed by atoms with Crippen LogP contribution in [-0.2, 0) is 11.4 Å². The Kier molecular flexibility index (Phi) is 16.3. The Bertz CT molecular complexity index is 757. The zero-order chi connectivity index (χ0) is 25.9. The van der Waals surface area contributed by atoms with Crippen molar-refractivity contribution in [3.05, 3.63) is 60.2 Å². The number of carbonyl (C=O) groups excluding carboxylic acids is 1. The molecule has 2 aromatic rings. The number of ether oxygens (including phenoxy) is 1. The summed E-state index contributed by atoms with van der Waals surface area (Å²) in [6, 6.07) is 19.0. The lowest BCUT2D eigenvalue weighted by Gasteiger charge is -2.34. The van der Waals surface area contributed by atoms with E-state index >= 15 is 0 Å². The standard InChI is InChI=1S/C18H20N2O2.C7H17N.C5H12/c21-15-19-10-12-20(13-11-19)17-6-8-18(9-7-17)22-14-16-4-2-1-3-5-16;1-4-6-8-7(3)5-2;1-4-5(2)3/h1-9,15H,10-14H2;7-8H,4-6H2,1-3H3;5H,4H2,1-3H3. The van der Waals surface area contributed by atoms with Crippen LogP contribution in [0.4, 0.5) is 5.69 Å². The predicted octanol–water partition coefficient (Wildman–Crippen LogP) is 6.38. The van der Waals surface area contributed by atoms with Crippen LogP contribution >= 0.6 is 0 Å². The molecule has 35 heavy (non-hydrogen) atoms. The molecule has 1 amide bonds. The first kappa shape index (κ1) is 30.5. The number of hydrogen-bond donors (Lipinski definition) is 1. The Morgan fingerprint density at radius 3 is 1.97 bits per heavy atom. The van der Waals surface area contributed by atoms with Crippen LogP contribution < -0.4 is 15.0 Å². The van der Waals surface area contributed by atoms with Crippen molar-refractivity contribution < 1.29 is 9.53 Å². The van der Waals surface area contributed by atoms with E-state index in [0.29, 0.717) is 12.6 Å². The molecule has 1 unspecified atom stereocenters. The van der Waals surface area contributed by atoms with E-state index in [4.69, 9.17) is 4.74 Å². The van der Waals surface area contributed by atoms with Gasteiger partial charge in [-0.3, -0.25) is 4.79 Å². The number of rotatable bonds is 10. The van der Waals surface area contributed by atoms with Crippen molar-refractivity contribution in [2.75, 3.05) is 37.6 Å². The van der Waals surface area contributed by atoms with Crippen molar-refractivity contribution in [2.24, 2.45) is 5.92 Å². The topological polar surface area (TPSA) is 44.8 Å². The van der Waals surface area contributed by atoms with Crippen molar-refractivity contribution in [1.29, 1.82) is 0 Å². The molecule has 1 aliphatic heterocycles. The maximum atomic E-state index is 10.7. The molecule has 0 bridgehead atoms. The Balaban J connectivity index is 0.000000392. The molecule has 1 fully saturated rings. The van der Waals surface area contributed by atoms with Crippen LogP contribution in [-0.4, -0.2) is 50.1 Å². The first-order valence-corrected chi connectivity index (χ1v) is 13.4. The molecule has 2 aromatic carbocycles. The van der Waals surface area contributed by atoms with Crippen molar-refractivity contribution >= 4 is 12.1 Å². The molecule has 0 aliphatic carbocycles. The Labute approximate surface area is 214 Å². The maximum Gasteiger partial charge on any atom is 0.209 e. The molecule has 0 saturated carbocycles. The summed E-state index contributed by atoms with van der Waals surface area (Å²) >= 11 is 0. The number of amides is 1. The third-order valence-corrected chi connectivity index (χ3v) is 6.09. The molecule has 5 heteroatoms. The van der Waals surface area contributed by atoms with Gasteiger partial charge in [0.2, 0.25) is 6.41 Å². The Morgan fingerprint density at radius 2 is 1.49 bits per heavy atom. The summed E-state index contributed by atoms with van der Waals surface area (Å²) < 4.78 is 5.80. The molecular weight excluding hydrogens is 434 g/mol. The number of nitrogens with one attached hydrogen (secondary N) is 1. The molecule has 1 atom stereocenters. The highest BCUT2D eigenvalue weighted by Crippen LogP contribution is 2.21. The molecule has 196 valence electrons. The van der Waals surface area contributed by atoms with Gasteiger partial charge in [0.05, 0.1) is 0 Å². The summed E-state index contributed by atoms with van der Waals surface area (Å²) in [6.07, 6.45) is 4.71. The molecule has 0 aromatic heterocycles. The summed E-state index contributed by atoms with van der Waals surface area (Å²) in [5.74, 6) is 1.76. The van der Waals surface area contributed by atoms with Gasteiger partial charge in [0.1, 0.15) is 12.4 Å². The largest absolute Gasteiger partial charge is 0.489 e. The van der Waals surface area contributed by atoms with Gasteiger partial charge in [-0.15, -0.1) is 0 Å². The van der Waals surface area contributed by atoms with Crippen LogP contribution in [0, 0.1) is 5.92 Å². The molecule has 3 rings (SSSR count). The fraction of sp³-hybridized carbons (Fsp3) is 0.567. The maximum absolute atomic E-state index is 10.7. The summed E-state index contributed by atoms with van der Waals surface area (Å²) in [6.45, 7) is 18.3. The third-order valence-electron chi connectivity index (χ3n) is 6.09. The van der Waals surface area contributed by atoms with Crippen molar-refractivity contribution in [1.82, 2.24) is 10.2 Å². The summed E-state index contributed by atoms with van der Waals surface area (Å²) in [7, 11) is 0. The lowest BCUT2D eigenvalue weighted by atomic mass is 10.2. The molecule has 0 radical (unpaired) electrons. The fourth-order valence-electron chi connectivity index (χ4n) is 3.11. The number of carbonyl (C=O) groups is 1. The smallest absolute Gasteiger partial charge is 0.209 e. The normalized spacial score (nSPS) is 13.8. The molecule has 5 nitrogen and oxygen atoms in total. The monoisotopic (exact) mass is 483 g/mol. The van der Waals surface area contributed by atoms with Crippen molar-refractivity contribution in [2.45, 2.75) is 73.5 Å². The van der Waals surface area contributed by atoms with E-state index < -0.39 is 0 Å². The first-order chi connectivity index (χ1) is 16.9. The average Bonchev–Trinajstić information content (AvgIpc) is 2.92. The van der Waals surface area contributed by atoms with Crippen LogP contribution in [0.1, 0.15) is 66.4 Å². The van der Waals surface area contributed by atoms with Gasteiger partial charge in [-0.05, 0) is 62.1 Å². The van der Waals surface area contributed by atoms with Gasteiger partial charge in [0, 0.05) is 37.9 Å². The van der Waals surface area contributed by atoms with E-state index in [1.54, 1.807) is 0 Å². The van der Waals surface area contributed by atoms with E-state index in [1.807, 2.05) is 35.2 Å². The van der Waals surface area contributed by atoms with Gasteiger partial charge in [-0.2, -0.15) is 0 Å². The zero-order valence-corrected chi connectivity index (χ0v) is 23.0. The molecule has 1 N–H and O–H groups in total. The Morgan fingerprint density at radius 1 is 0.886 bits per heavy atom. The average molecular weight is 484 g/mol. The second-order valence-electron chi connectivity index (χ2n) is 9.46. The van der Waals surface area contributed by atoms with E-state index in [2.05, 4.69) is 76.0 Å². The van der Waals surface area contributed by atoms with Gasteiger partial charge < -0.3 is 19.9 Å². The van der Waals surface area contributed by atoms with Crippen molar-refractivity contribution in [3.8, 4) is 5.75 Å². The predicted molar refractivity (Wildman–Crippen MR) is 150 cm³/mol. The summed E-state index contributed by atoms with van der Waals surface area (Å²) in [4.78, 5) is 14.8. The van der Waals surface area contributed by atoms with Crippen LogP contribution in [0.25, 0.3) is 0 Å². The second-order valence-corrected chi connectivity index (χ2v) is 9.46.